The highest BCUT2D eigenvalue weighted by molar-refractivity contribution is 5.67. The van der Waals surface area contributed by atoms with Gasteiger partial charge in [-0.25, -0.2) is 0 Å². The van der Waals surface area contributed by atoms with Crippen molar-refractivity contribution in [2.75, 3.05) is 13.2 Å². The van der Waals surface area contributed by atoms with Crippen molar-refractivity contribution in [3.05, 3.63) is 107 Å². The Bertz CT molecular complexity index is 1390. The first-order valence-corrected chi connectivity index (χ1v) is 13.5. The minimum absolute atomic E-state index is 0.361. The zero-order chi connectivity index (χ0) is 25.4. The highest BCUT2D eigenvalue weighted by atomic mass is 16.5. The molecule has 5 heteroatoms. The molecule has 0 saturated heterocycles. The fourth-order valence-corrected chi connectivity index (χ4v) is 5.91. The minimum Gasteiger partial charge on any atom is -0.492 e. The quantitative estimate of drug-likeness (QED) is 0.290. The van der Waals surface area contributed by atoms with Crippen LogP contribution < -0.4 is 4.74 Å². The molecule has 1 aromatic heterocycles. The topological polar surface area (TPSA) is 43.2 Å². The number of benzene rings is 3. The second kappa shape index (κ2) is 10.1. The molecule has 3 aromatic carbocycles. The van der Waals surface area contributed by atoms with Crippen LogP contribution in [-0.2, 0) is 13.6 Å². The molecule has 1 aliphatic heterocycles. The first-order chi connectivity index (χ1) is 18.1. The van der Waals surface area contributed by atoms with Gasteiger partial charge in [-0.3, -0.25) is 9.58 Å². The summed E-state index contributed by atoms with van der Waals surface area (Å²) < 4.78 is 7.90. The molecule has 3 atom stereocenters. The van der Waals surface area contributed by atoms with Crippen LogP contribution in [0.15, 0.2) is 72.9 Å². The van der Waals surface area contributed by atoms with Crippen LogP contribution in [-0.4, -0.2) is 33.0 Å². The van der Waals surface area contributed by atoms with Gasteiger partial charge in [0.05, 0.1) is 5.69 Å². The van der Waals surface area contributed by atoms with E-state index >= 15 is 0 Å². The minimum atomic E-state index is 0.361. The summed E-state index contributed by atoms with van der Waals surface area (Å²) in [4.78, 5) is 2.57. The molecule has 0 spiro atoms. The van der Waals surface area contributed by atoms with Gasteiger partial charge in [0.2, 0.25) is 0 Å². The SMILES string of the molecule is C[CH]c1cc(-c2cccc(CN3CCOc4ccccc4[C@@H]3CC)c2)cc([C@@H]2C[C@H]2c2cn(C)nn2)c1. The van der Waals surface area contributed by atoms with Crippen LogP contribution in [0.25, 0.3) is 11.1 Å². The summed E-state index contributed by atoms with van der Waals surface area (Å²) >= 11 is 0. The van der Waals surface area contributed by atoms with Gasteiger partial charge in [0.1, 0.15) is 12.4 Å². The van der Waals surface area contributed by atoms with Crippen LogP contribution in [0, 0.1) is 6.42 Å². The van der Waals surface area contributed by atoms with E-state index in [1.807, 2.05) is 7.05 Å². The molecule has 0 bridgehead atoms. The summed E-state index contributed by atoms with van der Waals surface area (Å²) in [5.74, 6) is 2.02. The van der Waals surface area contributed by atoms with E-state index in [0.717, 1.165) is 44.0 Å². The van der Waals surface area contributed by atoms with E-state index in [4.69, 9.17) is 4.74 Å². The number of nitrogens with zero attached hydrogens (tertiary/aromatic N) is 4. The van der Waals surface area contributed by atoms with E-state index in [-0.39, 0.29) is 0 Å². The van der Waals surface area contributed by atoms with Crippen LogP contribution >= 0.6 is 0 Å². The molecule has 5 nitrogen and oxygen atoms in total. The first-order valence-electron chi connectivity index (χ1n) is 13.5. The Morgan fingerprint density at radius 2 is 1.89 bits per heavy atom. The molecule has 37 heavy (non-hydrogen) atoms. The van der Waals surface area contributed by atoms with Gasteiger partial charge in [-0.2, -0.15) is 0 Å². The Kier molecular flexibility index (Phi) is 6.56. The standard InChI is InChI=1S/C32H35N4O/c1-4-22-15-25(18-26(16-22)28-19-29(28)30-21-35(3)34-33-30)24-10-8-9-23(17-24)20-36-13-14-37-32-12-7-6-11-27(32)31(36)5-2/h4,6-12,15-18,21,28-29,31H,5,13-14,19-20H2,1-3H3/t28-,29+,31-/m0/s1. The van der Waals surface area contributed by atoms with Crippen molar-refractivity contribution in [2.24, 2.45) is 7.05 Å². The highest BCUT2D eigenvalue weighted by Crippen LogP contribution is 2.54. The highest BCUT2D eigenvalue weighted by Gasteiger charge is 2.41. The molecular formula is C32H35N4O. The monoisotopic (exact) mass is 491 g/mol. The third-order valence-corrected chi connectivity index (χ3v) is 7.92. The Hall–Kier alpha value is -3.44. The van der Waals surface area contributed by atoms with Crippen molar-refractivity contribution in [2.45, 2.75) is 51.1 Å². The molecule has 0 unspecified atom stereocenters. The maximum atomic E-state index is 6.10. The zero-order valence-electron chi connectivity index (χ0n) is 22.0. The molecule has 1 aliphatic carbocycles. The Morgan fingerprint density at radius 1 is 1.00 bits per heavy atom. The summed E-state index contributed by atoms with van der Waals surface area (Å²) in [6.07, 6.45) is 6.46. The Morgan fingerprint density at radius 3 is 2.70 bits per heavy atom. The van der Waals surface area contributed by atoms with Gasteiger partial charge in [-0.05, 0) is 65.1 Å². The molecule has 2 heterocycles. The number of para-hydroxylation sites is 1. The van der Waals surface area contributed by atoms with E-state index in [9.17, 15) is 0 Å². The van der Waals surface area contributed by atoms with E-state index in [0.29, 0.717) is 17.9 Å². The maximum Gasteiger partial charge on any atom is 0.124 e. The molecule has 6 rings (SSSR count). The average molecular weight is 492 g/mol. The van der Waals surface area contributed by atoms with Crippen molar-refractivity contribution >= 4 is 0 Å². The van der Waals surface area contributed by atoms with Gasteiger partial charge >= 0.3 is 0 Å². The summed E-state index contributed by atoms with van der Waals surface area (Å²) in [6, 6.07) is 25.0. The lowest BCUT2D eigenvalue weighted by atomic mass is 9.95. The number of fused-ring (bicyclic) bond motifs is 1. The molecule has 4 aromatic rings. The van der Waals surface area contributed by atoms with Crippen LogP contribution in [0.3, 0.4) is 0 Å². The molecule has 0 amide bonds. The fraction of sp³-hybridized carbons (Fsp3) is 0.344. The lowest BCUT2D eigenvalue weighted by Gasteiger charge is -2.29. The van der Waals surface area contributed by atoms with E-state index in [1.165, 1.54) is 33.4 Å². The third kappa shape index (κ3) is 4.93. The first kappa shape index (κ1) is 23.9. The van der Waals surface area contributed by atoms with E-state index in [2.05, 4.69) is 108 Å². The number of aryl methyl sites for hydroxylation is 1. The average Bonchev–Trinajstić information content (AvgIpc) is 3.65. The maximum absolute atomic E-state index is 6.10. The van der Waals surface area contributed by atoms with Crippen molar-refractivity contribution in [3.63, 3.8) is 0 Å². The molecule has 1 fully saturated rings. The van der Waals surface area contributed by atoms with Gasteiger partial charge < -0.3 is 4.74 Å². The van der Waals surface area contributed by atoms with Crippen LogP contribution in [0.2, 0.25) is 0 Å². The smallest absolute Gasteiger partial charge is 0.124 e. The molecule has 189 valence electrons. The van der Waals surface area contributed by atoms with Gasteiger partial charge in [0.25, 0.3) is 0 Å². The van der Waals surface area contributed by atoms with Gasteiger partial charge in [-0.1, -0.05) is 73.7 Å². The number of aromatic nitrogens is 3. The Labute approximate surface area is 220 Å². The van der Waals surface area contributed by atoms with Gasteiger partial charge in [0, 0.05) is 43.9 Å². The van der Waals surface area contributed by atoms with Crippen LogP contribution in [0.5, 0.6) is 5.75 Å². The second-order valence-electron chi connectivity index (χ2n) is 10.4. The second-order valence-corrected chi connectivity index (χ2v) is 10.4. The predicted molar refractivity (Wildman–Crippen MR) is 147 cm³/mol. The van der Waals surface area contributed by atoms with Crippen molar-refractivity contribution in [1.82, 2.24) is 19.9 Å². The molecule has 2 aliphatic rings. The summed E-state index contributed by atoms with van der Waals surface area (Å²) in [6.45, 7) is 6.95. The summed E-state index contributed by atoms with van der Waals surface area (Å²) in [7, 11) is 1.94. The van der Waals surface area contributed by atoms with Crippen molar-refractivity contribution in [3.8, 4) is 16.9 Å². The largest absolute Gasteiger partial charge is 0.492 e. The summed E-state index contributed by atoms with van der Waals surface area (Å²) in [5, 5.41) is 8.51. The fourth-order valence-electron chi connectivity index (χ4n) is 5.91. The lowest BCUT2D eigenvalue weighted by molar-refractivity contribution is 0.170. The number of ether oxygens (including phenoxy) is 1. The molecule has 1 radical (unpaired) electrons. The normalized spacial score (nSPS) is 21.2. The molecular weight excluding hydrogens is 456 g/mol. The van der Waals surface area contributed by atoms with Crippen molar-refractivity contribution in [1.29, 1.82) is 0 Å². The number of hydrogen-bond acceptors (Lipinski definition) is 4. The Balaban J connectivity index is 1.26. The third-order valence-electron chi connectivity index (χ3n) is 7.92. The van der Waals surface area contributed by atoms with Gasteiger partial charge in [0.15, 0.2) is 0 Å². The van der Waals surface area contributed by atoms with Crippen molar-refractivity contribution < 1.29 is 4.74 Å². The predicted octanol–water partition coefficient (Wildman–Crippen LogP) is 6.67. The van der Waals surface area contributed by atoms with E-state index < -0.39 is 0 Å². The van der Waals surface area contributed by atoms with Crippen LogP contribution in [0.1, 0.15) is 72.5 Å². The van der Waals surface area contributed by atoms with E-state index in [1.54, 1.807) is 4.68 Å². The molecule has 1 saturated carbocycles. The van der Waals surface area contributed by atoms with Crippen LogP contribution in [0.4, 0.5) is 0 Å². The number of rotatable bonds is 7. The molecule has 0 N–H and O–H groups in total. The zero-order valence-corrected chi connectivity index (χ0v) is 22.0. The lowest BCUT2D eigenvalue weighted by Crippen LogP contribution is -2.29. The van der Waals surface area contributed by atoms with Gasteiger partial charge in [-0.15, -0.1) is 5.10 Å². The number of hydrogen-bond donors (Lipinski definition) is 0. The summed E-state index contributed by atoms with van der Waals surface area (Å²) in [5.41, 5.74) is 8.99.